The van der Waals surface area contributed by atoms with Crippen molar-refractivity contribution >= 4 is 23.9 Å². The maximum absolute atomic E-state index is 13.1. The third-order valence-electron chi connectivity index (χ3n) is 13.8. The van der Waals surface area contributed by atoms with Gasteiger partial charge in [0.1, 0.15) is 34.5 Å². The molecule has 0 aromatic heterocycles. The largest absolute Gasteiger partial charge is 0.494 e. The van der Waals surface area contributed by atoms with E-state index in [0.717, 1.165) is 36.8 Å². The van der Waals surface area contributed by atoms with Crippen LogP contribution in [0, 0.1) is 0 Å². The highest BCUT2D eigenvalue weighted by Gasteiger charge is 2.15. The molecule has 6 aromatic rings. The Morgan fingerprint density at radius 3 is 0.859 bits per heavy atom. The second-order valence-electron chi connectivity index (χ2n) is 20.2. The van der Waals surface area contributed by atoms with Crippen molar-refractivity contribution in [2.24, 2.45) is 0 Å². The molecule has 0 N–H and O–H groups in total. The van der Waals surface area contributed by atoms with Crippen LogP contribution < -0.4 is 28.4 Å². The van der Waals surface area contributed by atoms with E-state index in [1.54, 1.807) is 127 Å². The van der Waals surface area contributed by atoms with Gasteiger partial charge in [-0.2, -0.15) is 0 Å². The van der Waals surface area contributed by atoms with Crippen molar-refractivity contribution in [1.29, 1.82) is 0 Å². The van der Waals surface area contributed by atoms with E-state index in [-0.39, 0.29) is 11.1 Å². The van der Waals surface area contributed by atoms with Crippen molar-refractivity contribution < 1.29 is 47.6 Å². The highest BCUT2D eigenvalue weighted by molar-refractivity contribution is 5.94. The lowest BCUT2D eigenvalue weighted by molar-refractivity contribution is 0.0720. The summed E-state index contributed by atoms with van der Waals surface area (Å²) in [5, 5.41) is 0. The summed E-state index contributed by atoms with van der Waals surface area (Å²) in [7, 11) is 0. The van der Waals surface area contributed by atoms with Gasteiger partial charge in [0.2, 0.25) is 0 Å². The topological polar surface area (TPSA) is 124 Å². The number of rotatable bonds is 37. The molecule has 0 aliphatic carbocycles. The fourth-order valence-corrected chi connectivity index (χ4v) is 9.08. The van der Waals surface area contributed by atoms with Crippen LogP contribution in [0.15, 0.2) is 146 Å². The number of unbranched alkanes of at least 4 members (excludes halogenated alkanes) is 22. The van der Waals surface area contributed by atoms with Gasteiger partial charge in [0, 0.05) is 0 Å². The zero-order valence-corrected chi connectivity index (χ0v) is 46.3. The molecule has 0 saturated carbocycles. The molecule has 0 unspecified atom stereocenters. The molecule has 0 amide bonds. The number of carbonyl (C=O) groups is 4. The quantitative estimate of drug-likeness (QED) is 0.0212. The average molecular weight is 1060 g/mol. The minimum atomic E-state index is -0.576. The molecule has 0 aliphatic rings. The van der Waals surface area contributed by atoms with Crippen LogP contribution in [0.1, 0.15) is 209 Å². The smallest absolute Gasteiger partial charge is 0.343 e. The van der Waals surface area contributed by atoms with Gasteiger partial charge in [0.05, 0.1) is 35.5 Å². The second-order valence-corrected chi connectivity index (χ2v) is 20.2. The molecule has 6 aromatic carbocycles. The minimum Gasteiger partial charge on any atom is -0.494 e. The van der Waals surface area contributed by atoms with Crippen LogP contribution in [0.2, 0.25) is 0 Å². The zero-order chi connectivity index (χ0) is 54.8. The monoisotopic (exact) mass is 1060 g/mol. The average Bonchev–Trinajstić information content (AvgIpc) is 3.46. The Labute approximate surface area is 464 Å². The van der Waals surface area contributed by atoms with Crippen molar-refractivity contribution in [1.82, 2.24) is 0 Å². The molecule has 0 fully saturated rings. The molecular formula is C68H82O10. The second kappa shape index (κ2) is 35.3. The lowest BCUT2D eigenvalue weighted by Crippen LogP contribution is -2.10. The number of ether oxygens (including phenoxy) is 6. The normalized spacial score (nSPS) is 10.9. The summed E-state index contributed by atoms with van der Waals surface area (Å²) in [5.41, 5.74) is 2.92. The van der Waals surface area contributed by atoms with Gasteiger partial charge in [-0.05, 0) is 145 Å². The van der Waals surface area contributed by atoms with Crippen molar-refractivity contribution in [2.75, 3.05) is 13.2 Å². The van der Waals surface area contributed by atoms with Gasteiger partial charge in [0.15, 0.2) is 0 Å². The molecule has 414 valence electrons. The van der Waals surface area contributed by atoms with E-state index < -0.39 is 23.9 Å². The number of benzene rings is 6. The van der Waals surface area contributed by atoms with E-state index in [0.29, 0.717) is 58.8 Å². The molecule has 0 atom stereocenters. The molecule has 0 radical (unpaired) electrons. The van der Waals surface area contributed by atoms with Gasteiger partial charge in [-0.15, -0.1) is 0 Å². The highest BCUT2D eigenvalue weighted by Crippen LogP contribution is 2.28. The van der Waals surface area contributed by atoms with Crippen LogP contribution in [-0.2, 0) is 0 Å². The lowest BCUT2D eigenvalue weighted by atomic mass is 10.0. The Kier molecular flexibility index (Phi) is 27.1. The number of hydrogen-bond acceptors (Lipinski definition) is 10. The van der Waals surface area contributed by atoms with Gasteiger partial charge >= 0.3 is 23.9 Å². The molecule has 6 rings (SSSR count). The first-order chi connectivity index (χ1) is 38.3. The molecule has 0 spiro atoms. The predicted octanol–water partition coefficient (Wildman–Crippen LogP) is 18.4. The molecule has 10 nitrogen and oxygen atoms in total. The SMILES string of the molecule is CCCCCCCCCCCCCCCCOc1ccc(C(=O)Oc2ccc(C(=O)Oc3cccc(-c4ccc(OC(=O)c5ccc(OC(=O)c6ccc(OCCCCCCCCCCCC)cc6)cc5)cc4)c3)cc2)cc1. The van der Waals surface area contributed by atoms with Crippen molar-refractivity contribution in [3.05, 3.63) is 168 Å². The third kappa shape index (κ3) is 22.4. The minimum absolute atomic E-state index is 0.281. The molecule has 0 saturated heterocycles. The Morgan fingerprint density at radius 1 is 0.269 bits per heavy atom. The van der Waals surface area contributed by atoms with E-state index in [2.05, 4.69) is 13.8 Å². The third-order valence-corrected chi connectivity index (χ3v) is 13.8. The first kappa shape index (κ1) is 60.0. The van der Waals surface area contributed by atoms with Gasteiger partial charge in [0.25, 0.3) is 0 Å². The molecule has 10 heteroatoms. The Morgan fingerprint density at radius 2 is 0.538 bits per heavy atom. The van der Waals surface area contributed by atoms with Gasteiger partial charge in [-0.25, -0.2) is 19.2 Å². The summed E-state index contributed by atoms with van der Waals surface area (Å²) < 4.78 is 34.3. The Hall–Kier alpha value is -7.20. The van der Waals surface area contributed by atoms with E-state index in [9.17, 15) is 19.2 Å². The maximum Gasteiger partial charge on any atom is 0.343 e. The summed E-state index contributed by atoms with van der Waals surface area (Å²) in [5.74, 6) is 0.494. The summed E-state index contributed by atoms with van der Waals surface area (Å²) in [6, 6.07) is 40.2. The van der Waals surface area contributed by atoms with Gasteiger partial charge in [-0.3, -0.25) is 0 Å². The van der Waals surface area contributed by atoms with E-state index in [4.69, 9.17) is 28.4 Å². The van der Waals surface area contributed by atoms with Crippen LogP contribution in [0.3, 0.4) is 0 Å². The van der Waals surface area contributed by atoms with Crippen LogP contribution in [0.4, 0.5) is 0 Å². The van der Waals surface area contributed by atoms with E-state index in [1.165, 1.54) is 141 Å². The molecule has 0 bridgehead atoms. The van der Waals surface area contributed by atoms with Gasteiger partial charge in [-0.1, -0.05) is 179 Å². The number of carbonyl (C=O) groups excluding carboxylic acids is 4. The molecule has 0 aliphatic heterocycles. The van der Waals surface area contributed by atoms with Crippen LogP contribution >= 0.6 is 0 Å². The summed E-state index contributed by atoms with van der Waals surface area (Å²) in [6.45, 7) is 5.80. The zero-order valence-electron chi connectivity index (χ0n) is 46.3. The first-order valence-corrected chi connectivity index (χ1v) is 29.0. The summed E-state index contributed by atoms with van der Waals surface area (Å²) in [4.78, 5) is 51.9. The van der Waals surface area contributed by atoms with Gasteiger partial charge < -0.3 is 28.4 Å². The van der Waals surface area contributed by atoms with Crippen LogP contribution in [0.25, 0.3) is 11.1 Å². The first-order valence-electron chi connectivity index (χ1n) is 29.0. The predicted molar refractivity (Wildman–Crippen MR) is 311 cm³/mol. The van der Waals surface area contributed by atoms with Crippen molar-refractivity contribution in [3.63, 3.8) is 0 Å². The van der Waals surface area contributed by atoms with E-state index in [1.807, 2.05) is 6.07 Å². The Balaban J connectivity index is 0.848. The van der Waals surface area contributed by atoms with Crippen molar-refractivity contribution in [2.45, 2.75) is 168 Å². The van der Waals surface area contributed by atoms with Crippen LogP contribution in [-0.4, -0.2) is 37.1 Å². The standard InChI is InChI=1S/C68H82O10/c1-3-5-7-9-11-13-15-16-17-18-20-22-24-26-51-74-60-42-34-55(35-43-60)66(70)77-63-48-38-57(39-49-63)68(72)78-64-29-27-28-58(52-64)53-30-44-61(45-31-53)75-67(71)56-36-46-62(47-37-56)76-65(69)54-32-40-59(41-33-54)73-50-25-23-21-19-14-12-10-8-6-4-2/h27-49,52H,3-26,50-51H2,1-2H3. The van der Waals surface area contributed by atoms with Crippen LogP contribution in [0.5, 0.6) is 34.5 Å². The maximum atomic E-state index is 13.1. The number of hydrogen-bond donors (Lipinski definition) is 0. The molecule has 78 heavy (non-hydrogen) atoms. The lowest BCUT2D eigenvalue weighted by Gasteiger charge is -2.10. The van der Waals surface area contributed by atoms with E-state index >= 15 is 0 Å². The fourth-order valence-electron chi connectivity index (χ4n) is 9.08. The summed E-state index contributed by atoms with van der Waals surface area (Å²) >= 11 is 0. The fraction of sp³-hybridized carbons (Fsp3) is 0.412. The highest BCUT2D eigenvalue weighted by atomic mass is 16.5. The Bertz CT molecular complexity index is 2660. The number of esters is 4. The van der Waals surface area contributed by atoms with Crippen molar-refractivity contribution in [3.8, 4) is 45.6 Å². The molecule has 0 heterocycles. The molecular weight excluding hydrogens is 977 g/mol. The summed E-state index contributed by atoms with van der Waals surface area (Å²) in [6.07, 6.45) is 31.0.